The molecular weight excluding hydrogens is 386 g/mol. The van der Waals surface area contributed by atoms with E-state index in [2.05, 4.69) is 5.16 Å². The lowest BCUT2D eigenvalue weighted by atomic mass is 10.1. The first-order chi connectivity index (χ1) is 13.3. The van der Waals surface area contributed by atoms with Crippen LogP contribution in [-0.4, -0.2) is 69.1 Å². The van der Waals surface area contributed by atoms with E-state index >= 15 is 0 Å². The molecule has 1 aromatic carbocycles. The van der Waals surface area contributed by atoms with Gasteiger partial charge in [-0.2, -0.15) is 4.31 Å². The first-order valence-electron chi connectivity index (χ1n) is 8.74. The van der Waals surface area contributed by atoms with Crippen LogP contribution in [0.25, 0.3) is 0 Å². The summed E-state index contributed by atoms with van der Waals surface area (Å²) in [6, 6.07) is 5.00. The smallest absolute Gasteiger partial charge is 0.257 e. The van der Waals surface area contributed by atoms with Crippen LogP contribution < -0.4 is 9.47 Å². The SMILES string of the molecule is COc1ccc(OC)c(C(=O)N2CCN(S(=O)(=O)c3c(C)noc3C)CC2)c1. The molecule has 0 spiro atoms. The molecule has 0 aliphatic carbocycles. The molecule has 1 aliphatic heterocycles. The predicted octanol–water partition coefficient (Wildman–Crippen LogP) is 1.46. The number of rotatable bonds is 5. The normalized spacial score (nSPS) is 15.5. The van der Waals surface area contributed by atoms with Crippen molar-refractivity contribution >= 4 is 15.9 Å². The Morgan fingerprint density at radius 2 is 1.79 bits per heavy atom. The van der Waals surface area contributed by atoms with Crippen molar-refractivity contribution in [2.75, 3.05) is 40.4 Å². The zero-order chi connectivity index (χ0) is 20.5. The molecule has 1 saturated heterocycles. The third kappa shape index (κ3) is 3.57. The zero-order valence-electron chi connectivity index (χ0n) is 16.3. The van der Waals surface area contributed by atoms with Crippen LogP contribution in [0.2, 0.25) is 0 Å². The molecule has 152 valence electrons. The first-order valence-corrected chi connectivity index (χ1v) is 10.2. The van der Waals surface area contributed by atoms with Crippen LogP contribution in [0.1, 0.15) is 21.8 Å². The molecule has 1 fully saturated rings. The second kappa shape index (κ2) is 7.80. The number of sulfonamides is 1. The molecular formula is C18H23N3O6S. The number of nitrogens with zero attached hydrogens (tertiary/aromatic N) is 3. The van der Waals surface area contributed by atoms with E-state index in [1.165, 1.54) is 18.5 Å². The van der Waals surface area contributed by atoms with Crippen LogP contribution in [0, 0.1) is 13.8 Å². The van der Waals surface area contributed by atoms with Crippen molar-refractivity contribution in [3.05, 3.63) is 35.2 Å². The van der Waals surface area contributed by atoms with Crippen LogP contribution in [0.5, 0.6) is 11.5 Å². The first kappa shape index (κ1) is 20.2. The quantitative estimate of drug-likeness (QED) is 0.736. The Hall–Kier alpha value is -2.59. The summed E-state index contributed by atoms with van der Waals surface area (Å²) in [6.07, 6.45) is 0. The Labute approximate surface area is 163 Å². The minimum atomic E-state index is -3.72. The summed E-state index contributed by atoms with van der Waals surface area (Å²) < 4.78 is 42.6. The van der Waals surface area contributed by atoms with Gasteiger partial charge >= 0.3 is 0 Å². The monoisotopic (exact) mass is 409 g/mol. The van der Waals surface area contributed by atoms with E-state index in [4.69, 9.17) is 14.0 Å². The topological polar surface area (TPSA) is 102 Å². The molecule has 1 amide bonds. The van der Waals surface area contributed by atoms with E-state index in [1.807, 2.05) is 0 Å². The molecule has 1 aliphatic rings. The van der Waals surface area contributed by atoms with Crippen molar-refractivity contribution in [3.8, 4) is 11.5 Å². The molecule has 2 aromatic rings. The third-order valence-corrected chi connectivity index (χ3v) is 6.87. The van der Waals surface area contributed by atoms with Gasteiger partial charge in [0.05, 0.1) is 19.8 Å². The third-order valence-electron chi connectivity index (χ3n) is 4.73. The van der Waals surface area contributed by atoms with Crippen molar-refractivity contribution in [2.24, 2.45) is 0 Å². The van der Waals surface area contributed by atoms with Gasteiger partial charge in [0.2, 0.25) is 10.0 Å². The fourth-order valence-corrected chi connectivity index (χ4v) is 4.97. The van der Waals surface area contributed by atoms with Crippen molar-refractivity contribution in [2.45, 2.75) is 18.7 Å². The summed E-state index contributed by atoms with van der Waals surface area (Å²) >= 11 is 0. The number of ether oxygens (including phenoxy) is 2. The van der Waals surface area contributed by atoms with E-state index < -0.39 is 10.0 Å². The minimum absolute atomic E-state index is 0.0988. The molecule has 0 unspecified atom stereocenters. The van der Waals surface area contributed by atoms with E-state index in [9.17, 15) is 13.2 Å². The Balaban J connectivity index is 1.76. The van der Waals surface area contributed by atoms with Gasteiger partial charge in [0, 0.05) is 26.2 Å². The summed E-state index contributed by atoms with van der Waals surface area (Å²) in [7, 11) is -0.708. The number of hydrogen-bond acceptors (Lipinski definition) is 7. The Morgan fingerprint density at radius 1 is 1.11 bits per heavy atom. The summed E-state index contributed by atoms with van der Waals surface area (Å²) in [5.74, 6) is 1.02. The fourth-order valence-electron chi connectivity index (χ4n) is 3.26. The van der Waals surface area contributed by atoms with E-state index in [0.717, 1.165) is 0 Å². The molecule has 0 saturated carbocycles. The number of benzene rings is 1. The maximum absolute atomic E-state index is 12.9. The van der Waals surface area contributed by atoms with Gasteiger partial charge in [0.15, 0.2) is 5.76 Å². The molecule has 0 bridgehead atoms. The molecule has 10 heteroatoms. The standard InChI is InChI=1S/C18H23N3O6S/c1-12-17(13(2)27-19-12)28(23,24)21-9-7-20(8-10-21)18(22)15-11-14(25-3)5-6-16(15)26-4/h5-6,11H,7-10H2,1-4H3. The van der Waals surface area contributed by atoms with Crippen molar-refractivity contribution < 1.29 is 27.2 Å². The van der Waals surface area contributed by atoms with Crippen molar-refractivity contribution in [3.63, 3.8) is 0 Å². The lowest BCUT2D eigenvalue weighted by Gasteiger charge is -2.34. The van der Waals surface area contributed by atoms with Crippen LogP contribution in [0.15, 0.2) is 27.6 Å². The van der Waals surface area contributed by atoms with Crippen molar-refractivity contribution in [1.29, 1.82) is 0 Å². The highest BCUT2D eigenvalue weighted by Crippen LogP contribution is 2.27. The highest BCUT2D eigenvalue weighted by atomic mass is 32.2. The van der Waals surface area contributed by atoms with E-state index in [0.29, 0.717) is 22.8 Å². The summed E-state index contributed by atoms with van der Waals surface area (Å²) in [5.41, 5.74) is 0.709. The maximum atomic E-state index is 12.9. The number of piperazine rings is 1. The second-order valence-electron chi connectivity index (χ2n) is 6.42. The molecule has 1 aromatic heterocycles. The Morgan fingerprint density at radius 3 is 2.32 bits per heavy atom. The largest absolute Gasteiger partial charge is 0.497 e. The summed E-state index contributed by atoms with van der Waals surface area (Å²) in [6.45, 7) is 4.07. The molecule has 0 radical (unpaired) electrons. The number of hydrogen-bond donors (Lipinski definition) is 0. The van der Waals surface area contributed by atoms with Crippen LogP contribution in [-0.2, 0) is 10.0 Å². The van der Waals surface area contributed by atoms with Gasteiger partial charge in [-0.15, -0.1) is 0 Å². The molecule has 9 nitrogen and oxygen atoms in total. The Bertz CT molecular complexity index is 958. The highest BCUT2D eigenvalue weighted by Gasteiger charge is 2.34. The number of carbonyl (C=O) groups is 1. The number of aromatic nitrogens is 1. The summed E-state index contributed by atoms with van der Waals surface area (Å²) in [5, 5.41) is 3.72. The van der Waals surface area contributed by atoms with Gasteiger partial charge < -0.3 is 18.9 Å². The van der Waals surface area contributed by atoms with Crippen LogP contribution in [0.4, 0.5) is 0 Å². The average Bonchev–Trinajstić information content (AvgIpc) is 3.05. The minimum Gasteiger partial charge on any atom is -0.497 e. The van der Waals surface area contributed by atoms with Gasteiger partial charge in [-0.1, -0.05) is 5.16 Å². The van der Waals surface area contributed by atoms with Crippen LogP contribution >= 0.6 is 0 Å². The van der Waals surface area contributed by atoms with E-state index in [-0.39, 0.29) is 42.7 Å². The van der Waals surface area contributed by atoms with Crippen LogP contribution in [0.3, 0.4) is 0 Å². The predicted molar refractivity (Wildman–Crippen MR) is 100 cm³/mol. The molecule has 28 heavy (non-hydrogen) atoms. The fraction of sp³-hybridized carbons (Fsp3) is 0.444. The zero-order valence-corrected chi connectivity index (χ0v) is 17.1. The lowest BCUT2D eigenvalue weighted by Crippen LogP contribution is -2.50. The maximum Gasteiger partial charge on any atom is 0.257 e. The van der Waals surface area contributed by atoms with Gasteiger partial charge in [-0.05, 0) is 32.0 Å². The Kier molecular flexibility index (Phi) is 5.61. The van der Waals surface area contributed by atoms with Crippen molar-refractivity contribution in [1.82, 2.24) is 14.4 Å². The lowest BCUT2D eigenvalue weighted by molar-refractivity contribution is 0.0694. The molecule has 2 heterocycles. The average molecular weight is 409 g/mol. The number of amides is 1. The van der Waals surface area contributed by atoms with Gasteiger partial charge in [0.25, 0.3) is 5.91 Å². The van der Waals surface area contributed by atoms with Gasteiger partial charge in [-0.25, -0.2) is 8.42 Å². The number of aryl methyl sites for hydroxylation is 2. The molecule has 0 N–H and O–H groups in total. The van der Waals surface area contributed by atoms with Gasteiger partial charge in [-0.3, -0.25) is 4.79 Å². The second-order valence-corrected chi connectivity index (χ2v) is 8.29. The molecule has 0 atom stereocenters. The molecule has 3 rings (SSSR count). The van der Waals surface area contributed by atoms with Gasteiger partial charge in [0.1, 0.15) is 22.1 Å². The number of methoxy groups -OCH3 is 2. The summed E-state index contributed by atoms with van der Waals surface area (Å²) in [4.78, 5) is 14.6. The number of carbonyl (C=O) groups excluding carboxylic acids is 1. The highest BCUT2D eigenvalue weighted by molar-refractivity contribution is 7.89. The van der Waals surface area contributed by atoms with E-state index in [1.54, 1.807) is 36.9 Å².